The van der Waals surface area contributed by atoms with E-state index in [1.54, 1.807) is 31.3 Å². The summed E-state index contributed by atoms with van der Waals surface area (Å²) in [6, 6.07) is 5.18. The molecule has 0 aromatic heterocycles. The molecule has 0 aliphatic heterocycles. The van der Waals surface area contributed by atoms with E-state index in [1.165, 1.54) is 0 Å². The summed E-state index contributed by atoms with van der Waals surface area (Å²) in [5.74, 6) is 1.39. The van der Waals surface area contributed by atoms with E-state index in [4.69, 9.17) is 27.9 Å². The number of benzene rings is 1. The maximum atomic E-state index is 6.01. The van der Waals surface area contributed by atoms with Gasteiger partial charge in [-0.05, 0) is 24.6 Å². The van der Waals surface area contributed by atoms with E-state index in [2.05, 4.69) is 22.2 Å². The van der Waals surface area contributed by atoms with Crippen LogP contribution in [0.2, 0.25) is 10.0 Å². The Morgan fingerprint density at radius 3 is 2.85 bits per heavy atom. The molecule has 0 bridgehead atoms. The van der Waals surface area contributed by atoms with Crippen molar-refractivity contribution in [2.75, 3.05) is 26.7 Å². The Labute approximate surface area is 129 Å². The van der Waals surface area contributed by atoms with E-state index in [0.29, 0.717) is 28.9 Å². The van der Waals surface area contributed by atoms with Crippen LogP contribution in [0.1, 0.15) is 6.42 Å². The van der Waals surface area contributed by atoms with Gasteiger partial charge in [-0.1, -0.05) is 29.3 Å². The number of halogens is 2. The van der Waals surface area contributed by atoms with E-state index in [9.17, 15) is 0 Å². The molecule has 0 radical (unpaired) electrons. The molecule has 110 valence electrons. The van der Waals surface area contributed by atoms with Crippen molar-refractivity contribution in [2.24, 2.45) is 4.99 Å². The molecule has 6 heteroatoms. The first-order valence-electron chi connectivity index (χ1n) is 6.30. The molecule has 0 aliphatic carbocycles. The highest BCUT2D eigenvalue weighted by Crippen LogP contribution is 2.27. The lowest BCUT2D eigenvalue weighted by atomic mass is 10.3. The van der Waals surface area contributed by atoms with Gasteiger partial charge in [0.25, 0.3) is 0 Å². The third-order valence-electron chi connectivity index (χ3n) is 2.40. The van der Waals surface area contributed by atoms with Gasteiger partial charge in [0, 0.05) is 25.2 Å². The molecule has 0 saturated heterocycles. The summed E-state index contributed by atoms with van der Waals surface area (Å²) in [5, 5.41) is 7.38. The van der Waals surface area contributed by atoms with Crippen molar-refractivity contribution in [1.29, 1.82) is 0 Å². The van der Waals surface area contributed by atoms with Crippen LogP contribution < -0.4 is 15.4 Å². The van der Waals surface area contributed by atoms with Crippen molar-refractivity contribution in [3.63, 3.8) is 0 Å². The minimum Gasteiger partial charge on any atom is -0.492 e. The zero-order valence-corrected chi connectivity index (χ0v) is 13.0. The molecule has 2 N–H and O–H groups in total. The fourth-order valence-corrected chi connectivity index (χ4v) is 1.91. The molecule has 0 saturated carbocycles. The van der Waals surface area contributed by atoms with Crippen molar-refractivity contribution < 1.29 is 4.74 Å². The van der Waals surface area contributed by atoms with Crippen molar-refractivity contribution in [2.45, 2.75) is 6.42 Å². The molecule has 20 heavy (non-hydrogen) atoms. The molecule has 0 aliphatic rings. The second kappa shape index (κ2) is 9.50. The third kappa shape index (κ3) is 6.17. The van der Waals surface area contributed by atoms with Gasteiger partial charge in [0.1, 0.15) is 5.75 Å². The molecular weight excluding hydrogens is 297 g/mol. The lowest BCUT2D eigenvalue weighted by Gasteiger charge is -2.11. The van der Waals surface area contributed by atoms with Gasteiger partial charge in [-0.15, -0.1) is 6.58 Å². The smallest absolute Gasteiger partial charge is 0.191 e. The fourth-order valence-electron chi connectivity index (χ4n) is 1.44. The van der Waals surface area contributed by atoms with E-state index in [0.717, 1.165) is 18.9 Å². The Bertz CT molecular complexity index is 464. The summed E-state index contributed by atoms with van der Waals surface area (Å²) >= 11 is 11.8. The topological polar surface area (TPSA) is 45.7 Å². The van der Waals surface area contributed by atoms with Crippen LogP contribution in [-0.4, -0.2) is 32.7 Å². The van der Waals surface area contributed by atoms with Crippen molar-refractivity contribution in [3.05, 3.63) is 40.9 Å². The predicted molar refractivity (Wildman–Crippen MR) is 86.1 cm³/mol. The summed E-state index contributed by atoms with van der Waals surface area (Å²) < 4.78 is 5.58. The van der Waals surface area contributed by atoms with Crippen LogP contribution in [-0.2, 0) is 0 Å². The summed E-state index contributed by atoms with van der Waals surface area (Å²) in [6.07, 6.45) is 2.60. The largest absolute Gasteiger partial charge is 0.492 e. The summed E-state index contributed by atoms with van der Waals surface area (Å²) in [4.78, 5) is 4.08. The summed E-state index contributed by atoms with van der Waals surface area (Å²) in [6.45, 7) is 5.63. The molecular formula is C14H19Cl2N3O. The maximum absolute atomic E-state index is 6.01. The van der Waals surface area contributed by atoms with Gasteiger partial charge in [0.05, 0.1) is 11.6 Å². The van der Waals surface area contributed by atoms with E-state index >= 15 is 0 Å². The molecule has 4 nitrogen and oxygen atoms in total. The molecule has 1 aromatic carbocycles. The van der Waals surface area contributed by atoms with Gasteiger partial charge in [0.15, 0.2) is 5.96 Å². The van der Waals surface area contributed by atoms with Gasteiger partial charge in [0.2, 0.25) is 0 Å². The quantitative estimate of drug-likeness (QED) is 0.352. The van der Waals surface area contributed by atoms with Crippen LogP contribution in [0.3, 0.4) is 0 Å². The number of nitrogens with zero attached hydrogens (tertiary/aromatic N) is 1. The van der Waals surface area contributed by atoms with Crippen LogP contribution >= 0.6 is 23.2 Å². The minimum atomic E-state index is 0.522. The van der Waals surface area contributed by atoms with Crippen LogP contribution in [0.15, 0.2) is 35.8 Å². The molecule has 0 unspecified atom stereocenters. The second-order valence-corrected chi connectivity index (χ2v) is 4.79. The number of rotatable bonds is 7. The standard InChI is InChI=1S/C14H19Cl2N3O/c1-3-7-18-14(17-2)19-8-4-9-20-13-6-5-11(15)10-12(13)16/h3,5-6,10H,1,4,7-9H2,2H3,(H2,17,18,19). The molecule has 0 heterocycles. The fraction of sp³-hybridized carbons (Fsp3) is 0.357. The number of hydrogen-bond donors (Lipinski definition) is 2. The molecule has 1 rings (SSSR count). The monoisotopic (exact) mass is 315 g/mol. The van der Waals surface area contributed by atoms with Gasteiger partial charge in [-0.2, -0.15) is 0 Å². The van der Waals surface area contributed by atoms with E-state index < -0.39 is 0 Å². The molecule has 1 aromatic rings. The molecule has 0 amide bonds. The lowest BCUT2D eigenvalue weighted by molar-refractivity contribution is 0.311. The number of nitrogens with one attached hydrogen (secondary N) is 2. The van der Waals surface area contributed by atoms with Crippen molar-refractivity contribution in [1.82, 2.24) is 10.6 Å². The highest BCUT2D eigenvalue weighted by Gasteiger charge is 2.02. The van der Waals surface area contributed by atoms with Gasteiger partial charge in [-0.25, -0.2) is 0 Å². The Morgan fingerprint density at radius 2 is 2.20 bits per heavy atom. The number of hydrogen-bond acceptors (Lipinski definition) is 2. The zero-order valence-electron chi connectivity index (χ0n) is 11.5. The third-order valence-corrected chi connectivity index (χ3v) is 2.93. The predicted octanol–water partition coefficient (Wildman–Crippen LogP) is 3.11. The van der Waals surface area contributed by atoms with Crippen LogP contribution in [0.25, 0.3) is 0 Å². The van der Waals surface area contributed by atoms with Crippen LogP contribution in [0.5, 0.6) is 5.75 Å². The average Bonchev–Trinajstić information content (AvgIpc) is 2.44. The highest BCUT2D eigenvalue weighted by atomic mass is 35.5. The van der Waals surface area contributed by atoms with Crippen LogP contribution in [0.4, 0.5) is 0 Å². The van der Waals surface area contributed by atoms with Crippen molar-refractivity contribution >= 4 is 29.2 Å². The minimum absolute atomic E-state index is 0.522. The Hall–Kier alpha value is -1.39. The Morgan fingerprint density at radius 1 is 1.40 bits per heavy atom. The first-order valence-corrected chi connectivity index (χ1v) is 7.06. The van der Waals surface area contributed by atoms with Crippen LogP contribution in [0, 0.1) is 0 Å². The molecule has 0 atom stereocenters. The van der Waals surface area contributed by atoms with Gasteiger partial charge < -0.3 is 15.4 Å². The number of aliphatic imine (C=N–C) groups is 1. The average molecular weight is 316 g/mol. The summed E-state index contributed by atoms with van der Waals surface area (Å²) in [7, 11) is 1.72. The molecule has 0 fully saturated rings. The maximum Gasteiger partial charge on any atom is 0.191 e. The normalized spacial score (nSPS) is 11.1. The molecule has 0 spiro atoms. The van der Waals surface area contributed by atoms with Crippen molar-refractivity contribution in [3.8, 4) is 5.75 Å². The first-order chi connectivity index (χ1) is 9.67. The van der Waals surface area contributed by atoms with Gasteiger partial charge >= 0.3 is 0 Å². The Balaban J connectivity index is 2.23. The first kappa shape index (κ1) is 16.7. The zero-order chi connectivity index (χ0) is 14.8. The lowest BCUT2D eigenvalue weighted by Crippen LogP contribution is -2.38. The Kier molecular flexibility index (Phi) is 7.92. The van der Waals surface area contributed by atoms with E-state index in [1.807, 2.05) is 0 Å². The second-order valence-electron chi connectivity index (χ2n) is 3.95. The van der Waals surface area contributed by atoms with E-state index in [-0.39, 0.29) is 0 Å². The highest BCUT2D eigenvalue weighted by molar-refractivity contribution is 6.35. The van der Waals surface area contributed by atoms with Gasteiger partial charge in [-0.3, -0.25) is 4.99 Å². The number of guanidine groups is 1. The summed E-state index contributed by atoms with van der Waals surface area (Å²) in [5.41, 5.74) is 0. The number of ether oxygens (including phenoxy) is 1. The SMILES string of the molecule is C=CCNC(=NC)NCCCOc1ccc(Cl)cc1Cl.